The molecule has 28 heavy (non-hydrogen) atoms. The Kier molecular flexibility index (Phi) is 3.93. The summed E-state index contributed by atoms with van der Waals surface area (Å²) in [6.07, 6.45) is 0.803. The van der Waals surface area contributed by atoms with Crippen molar-refractivity contribution in [3.05, 3.63) is 83.9 Å². The number of ether oxygens (including phenoxy) is 1. The Morgan fingerprint density at radius 3 is 2.54 bits per heavy atom. The van der Waals surface area contributed by atoms with Crippen LogP contribution in [0.3, 0.4) is 0 Å². The van der Waals surface area contributed by atoms with Gasteiger partial charge in [-0.05, 0) is 42.3 Å². The summed E-state index contributed by atoms with van der Waals surface area (Å²) in [5.41, 5.74) is 4.13. The number of phenolic OH excluding ortho intramolecular Hbond substituents is 1. The van der Waals surface area contributed by atoms with E-state index in [1.807, 2.05) is 48.5 Å². The third-order valence-electron chi connectivity index (χ3n) is 5.48. The van der Waals surface area contributed by atoms with Crippen LogP contribution in [0.4, 0.5) is 5.95 Å². The molecule has 0 spiro atoms. The number of aromatic nitrogens is 2. The fraction of sp³-hybridized carbons (Fsp3) is 0.174. The summed E-state index contributed by atoms with van der Waals surface area (Å²) in [5, 5.41) is 13.9. The van der Waals surface area contributed by atoms with Crippen molar-refractivity contribution in [2.75, 3.05) is 12.4 Å². The van der Waals surface area contributed by atoms with E-state index in [9.17, 15) is 5.11 Å². The number of para-hydroxylation sites is 3. The average molecular weight is 371 g/mol. The number of methoxy groups -OCH3 is 1. The van der Waals surface area contributed by atoms with Gasteiger partial charge in [0.2, 0.25) is 5.95 Å². The number of fused-ring (bicyclic) bond motifs is 3. The van der Waals surface area contributed by atoms with Crippen molar-refractivity contribution >= 4 is 17.0 Å². The molecule has 0 amide bonds. The quantitative estimate of drug-likeness (QED) is 0.538. The lowest BCUT2D eigenvalue weighted by Gasteiger charge is -2.33. The summed E-state index contributed by atoms with van der Waals surface area (Å²) in [4.78, 5) is 4.81. The Morgan fingerprint density at radius 2 is 1.75 bits per heavy atom. The molecule has 2 atom stereocenters. The summed E-state index contributed by atoms with van der Waals surface area (Å²) in [6.45, 7) is 0. The fourth-order valence-electron chi connectivity index (χ4n) is 4.10. The van der Waals surface area contributed by atoms with Gasteiger partial charge in [-0.25, -0.2) is 4.98 Å². The van der Waals surface area contributed by atoms with Gasteiger partial charge in [0.1, 0.15) is 11.5 Å². The summed E-state index contributed by atoms with van der Waals surface area (Å²) in [7, 11) is 1.68. The number of benzene rings is 3. The SMILES string of the molecule is COc1ccc([C@H]2C[C@H](c3ccccc3O)Nc3nc4ccccc4n32)cc1. The van der Waals surface area contributed by atoms with Crippen LogP contribution in [0.5, 0.6) is 11.5 Å². The van der Waals surface area contributed by atoms with Crippen molar-refractivity contribution in [1.82, 2.24) is 9.55 Å². The predicted octanol–water partition coefficient (Wildman–Crippen LogP) is 4.90. The molecule has 3 aromatic carbocycles. The molecule has 0 saturated heterocycles. The van der Waals surface area contributed by atoms with Crippen LogP contribution in [0, 0.1) is 0 Å². The van der Waals surface area contributed by atoms with Crippen molar-refractivity contribution in [2.24, 2.45) is 0 Å². The molecule has 0 bridgehead atoms. The molecule has 2 N–H and O–H groups in total. The molecule has 0 radical (unpaired) electrons. The highest BCUT2D eigenvalue weighted by atomic mass is 16.5. The molecule has 5 rings (SSSR count). The number of nitrogens with zero attached hydrogens (tertiary/aromatic N) is 2. The molecular weight excluding hydrogens is 350 g/mol. The maximum absolute atomic E-state index is 10.4. The van der Waals surface area contributed by atoms with Crippen LogP contribution in [-0.2, 0) is 0 Å². The second-order valence-electron chi connectivity index (χ2n) is 7.07. The van der Waals surface area contributed by atoms with E-state index in [1.165, 1.54) is 5.56 Å². The Hall–Kier alpha value is -3.47. The van der Waals surface area contributed by atoms with Gasteiger partial charge >= 0.3 is 0 Å². The van der Waals surface area contributed by atoms with Crippen LogP contribution < -0.4 is 10.1 Å². The molecule has 0 saturated carbocycles. The highest BCUT2D eigenvalue weighted by molar-refractivity contribution is 5.79. The number of hydrogen-bond acceptors (Lipinski definition) is 4. The van der Waals surface area contributed by atoms with E-state index >= 15 is 0 Å². The minimum Gasteiger partial charge on any atom is -0.508 e. The first kappa shape index (κ1) is 16.7. The number of aromatic hydroxyl groups is 1. The largest absolute Gasteiger partial charge is 0.508 e. The molecule has 5 nitrogen and oxygen atoms in total. The molecule has 140 valence electrons. The highest BCUT2D eigenvalue weighted by Gasteiger charge is 2.31. The topological polar surface area (TPSA) is 59.3 Å². The summed E-state index contributed by atoms with van der Waals surface area (Å²) >= 11 is 0. The number of anilines is 1. The first-order valence-electron chi connectivity index (χ1n) is 9.40. The monoisotopic (exact) mass is 371 g/mol. The van der Waals surface area contributed by atoms with Gasteiger partial charge in [0.25, 0.3) is 0 Å². The van der Waals surface area contributed by atoms with Crippen LogP contribution in [0.1, 0.15) is 29.6 Å². The zero-order chi connectivity index (χ0) is 19.1. The average Bonchev–Trinajstić information content (AvgIpc) is 3.12. The minimum absolute atomic E-state index is 0.0300. The predicted molar refractivity (Wildman–Crippen MR) is 110 cm³/mol. The van der Waals surface area contributed by atoms with Crippen molar-refractivity contribution < 1.29 is 9.84 Å². The van der Waals surface area contributed by atoms with E-state index < -0.39 is 0 Å². The Bertz CT molecular complexity index is 1130. The van der Waals surface area contributed by atoms with Gasteiger partial charge in [-0.3, -0.25) is 0 Å². The van der Waals surface area contributed by atoms with Gasteiger partial charge in [0.05, 0.1) is 30.2 Å². The normalized spacial score (nSPS) is 18.5. The molecule has 1 aliphatic heterocycles. The van der Waals surface area contributed by atoms with Crippen LogP contribution >= 0.6 is 0 Å². The molecule has 2 heterocycles. The van der Waals surface area contributed by atoms with E-state index in [2.05, 4.69) is 28.1 Å². The molecule has 1 aromatic heterocycles. The molecule has 0 unspecified atom stereocenters. The van der Waals surface area contributed by atoms with Gasteiger partial charge in [0.15, 0.2) is 0 Å². The van der Waals surface area contributed by atoms with Gasteiger partial charge < -0.3 is 19.7 Å². The summed E-state index contributed by atoms with van der Waals surface area (Å²) in [5.74, 6) is 1.96. The molecule has 0 fully saturated rings. The molecule has 4 aromatic rings. The van der Waals surface area contributed by atoms with Crippen LogP contribution in [0.25, 0.3) is 11.0 Å². The smallest absolute Gasteiger partial charge is 0.204 e. The highest BCUT2D eigenvalue weighted by Crippen LogP contribution is 2.42. The minimum atomic E-state index is -0.0300. The van der Waals surface area contributed by atoms with Gasteiger partial charge in [-0.15, -0.1) is 0 Å². The van der Waals surface area contributed by atoms with Gasteiger partial charge in [0, 0.05) is 5.56 Å². The Balaban J connectivity index is 1.66. The van der Waals surface area contributed by atoms with E-state index in [0.29, 0.717) is 5.75 Å². The fourth-order valence-corrected chi connectivity index (χ4v) is 4.10. The van der Waals surface area contributed by atoms with Crippen LogP contribution in [0.15, 0.2) is 72.8 Å². The number of phenols is 1. The second kappa shape index (κ2) is 6.60. The number of rotatable bonds is 3. The third kappa shape index (κ3) is 2.67. The maximum Gasteiger partial charge on any atom is 0.204 e. The number of nitrogens with one attached hydrogen (secondary N) is 1. The van der Waals surface area contributed by atoms with E-state index in [1.54, 1.807) is 13.2 Å². The van der Waals surface area contributed by atoms with Crippen molar-refractivity contribution in [3.8, 4) is 11.5 Å². The van der Waals surface area contributed by atoms with Crippen molar-refractivity contribution in [1.29, 1.82) is 0 Å². The van der Waals surface area contributed by atoms with E-state index in [4.69, 9.17) is 9.72 Å². The molecule has 5 heteroatoms. The standard InChI is InChI=1S/C23H21N3O2/c1-28-16-12-10-15(11-13-16)21-14-19(17-6-2-5-9-22(17)27)25-23-24-18-7-3-4-8-20(18)26(21)23/h2-13,19,21,27H,14H2,1H3,(H,24,25)/t19-,21-/m1/s1. The maximum atomic E-state index is 10.4. The molecule has 0 aliphatic carbocycles. The lowest BCUT2D eigenvalue weighted by atomic mass is 9.92. The number of hydrogen-bond donors (Lipinski definition) is 2. The second-order valence-corrected chi connectivity index (χ2v) is 7.07. The van der Waals surface area contributed by atoms with Crippen LogP contribution in [0.2, 0.25) is 0 Å². The van der Waals surface area contributed by atoms with Crippen molar-refractivity contribution in [3.63, 3.8) is 0 Å². The lowest BCUT2D eigenvalue weighted by molar-refractivity contribution is 0.413. The summed E-state index contributed by atoms with van der Waals surface area (Å²) < 4.78 is 7.58. The lowest BCUT2D eigenvalue weighted by Crippen LogP contribution is -2.27. The van der Waals surface area contributed by atoms with Crippen LogP contribution in [-0.4, -0.2) is 21.8 Å². The Labute approximate surface area is 163 Å². The summed E-state index contributed by atoms with van der Waals surface area (Å²) in [6, 6.07) is 23.9. The van der Waals surface area contributed by atoms with E-state index in [-0.39, 0.29) is 12.1 Å². The van der Waals surface area contributed by atoms with Gasteiger partial charge in [-0.1, -0.05) is 42.5 Å². The first-order valence-corrected chi connectivity index (χ1v) is 9.40. The van der Waals surface area contributed by atoms with E-state index in [0.717, 1.165) is 34.7 Å². The Morgan fingerprint density at radius 1 is 1.00 bits per heavy atom. The number of imidazole rings is 1. The molecule has 1 aliphatic rings. The van der Waals surface area contributed by atoms with Crippen molar-refractivity contribution in [2.45, 2.75) is 18.5 Å². The zero-order valence-corrected chi connectivity index (χ0v) is 15.5. The zero-order valence-electron chi connectivity index (χ0n) is 15.5. The van der Waals surface area contributed by atoms with Gasteiger partial charge in [-0.2, -0.15) is 0 Å². The third-order valence-corrected chi connectivity index (χ3v) is 5.48. The first-order chi connectivity index (χ1) is 13.7. The molecular formula is C23H21N3O2.